The Kier molecular flexibility index (Phi) is 6.66. The Morgan fingerprint density at radius 1 is 1.32 bits per heavy atom. The van der Waals surface area contributed by atoms with Crippen LogP contribution in [-0.4, -0.2) is 64.9 Å². The maximum atomic E-state index is 10.2. The maximum absolute atomic E-state index is 10.2. The number of rotatable bonds is 7. The molecular weight excluding hydrogens is 356 g/mol. The lowest BCUT2D eigenvalue weighted by atomic mass is 10.1. The molecule has 2 aromatic rings. The van der Waals surface area contributed by atoms with Gasteiger partial charge in [0.2, 0.25) is 5.13 Å². The second-order valence-corrected chi connectivity index (χ2v) is 8.37. The first kappa shape index (κ1) is 18.6. The number of β-amino-alcohol motifs (C(OH)–C–C–N with tert-alkyl or cyclic N) is 1. The molecule has 136 valence electrons. The van der Waals surface area contributed by atoms with Crippen molar-refractivity contribution in [2.24, 2.45) is 0 Å². The quantitative estimate of drug-likeness (QED) is 0.716. The van der Waals surface area contributed by atoms with Gasteiger partial charge in [0, 0.05) is 31.1 Å². The predicted molar refractivity (Wildman–Crippen MR) is 103 cm³/mol. The van der Waals surface area contributed by atoms with E-state index < -0.39 is 0 Å². The Balaban J connectivity index is 1.49. The number of morpholine rings is 1. The fourth-order valence-electron chi connectivity index (χ4n) is 2.62. The summed E-state index contributed by atoms with van der Waals surface area (Å²) in [6.45, 7) is 8.17. The summed E-state index contributed by atoms with van der Waals surface area (Å²) >= 11 is 3.07. The fourth-order valence-corrected chi connectivity index (χ4v) is 4.33. The van der Waals surface area contributed by atoms with E-state index >= 15 is 0 Å². The van der Waals surface area contributed by atoms with Gasteiger partial charge in [-0.05, 0) is 31.0 Å². The van der Waals surface area contributed by atoms with Gasteiger partial charge in [0.05, 0.1) is 19.3 Å². The Morgan fingerprint density at radius 3 is 2.92 bits per heavy atom. The van der Waals surface area contributed by atoms with Crippen molar-refractivity contribution in [3.8, 4) is 0 Å². The summed E-state index contributed by atoms with van der Waals surface area (Å²) in [5.41, 5.74) is 3.52. The smallest absolute Gasteiger partial charge is 0.210 e. The average molecular weight is 381 g/mol. The molecule has 2 N–H and O–H groups in total. The standard InChI is InChI=1S/C17H24N4O2S2/c1-12-4-3-5-15(13(12)2)18-16-19-20-17(25-16)24-11-14(22)10-21-6-8-23-9-7-21/h3-5,14,22H,6-11H2,1-2H3,(H,18,19)/t14-/m0/s1. The number of thioether (sulfide) groups is 1. The van der Waals surface area contributed by atoms with Gasteiger partial charge in [0.1, 0.15) is 0 Å². The number of nitrogens with zero attached hydrogens (tertiary/aromatic N) is 3. The third kappa shape index (κ3) is 5.39. The van der Waals surface area contributed by atoms with Gasteiger partial charge in [0.15, 0.2) is 4.34 Å². The SMILES string of the molecule is Cc1cccc(Nc2nnc(SC[C@@H](O)CN3CCOCC3)s2)c1C. The molecule has 25 heavy (non-hydrogen) atoms. The lowest BCUT2D eigenvalue weighted by molar-refractivity contribution is 0.0188. The minimum absolute atomic E-state index is 0.373. The van der Waals surface area contributed by atoms with E-state index in [9.17, 15) is 5.11 Å². The highest BCUT2D eigenvalue weighted by Crippen LogP contribution is 2.29. The monoisotopic (exact) mass is 380 g/mol. The zero-order valence-electron chi connectivity index (χ0n) is 14.6. The van der Waals surface area contributed by atoms with Gasteiger partial charge in [-0.25, -0.2) is 0 Å². The number of aliphatic hydroxyl groups is 1. The van der Waals surface area contributed by atoms with Crippen LogP contribution < -0.4 is 5.32 Å². The molecule has 0 aliphatic carbocycles. The van der Waals surface area contributed by atoms with E-state index in [0.717, 1.165) is 41.5 Å². The molecule has 0 spiro atoms. The topological polar surface area (TPSA) is 70.5 Å². The van der Waals surface area contributed by atoms with E-state index in [0.29, 0.717) is 12.3 Å². The molecule has 0 amide bonds. The van der Waals surface area contributed by atoms with Gasteiger partial charge in [-0.2, -0.15) is 0 Å². The Labute approximate surface area is 156 Å². The number of hydrogen-bond donors (Lipinski definition) is 2. The summed E-state index contributed by atoms with van der Waals surface area (Å²) in [6, 6.07) is 6.17. The van der Waals surface area contributed by atoms with Gasteiger partial charge in [0.25, 0.3) is 0 Å². The van der Waals surface area contributed by atoms with Gasteiger partial charge < -0.3 is 15.2 Å². The molecule has 3 rings (SSSR count). The summed E-state index contributed by atoms with van der Waals surface area (Å²) in [7, 11) is 0. The van der Waals surface area contributed by atoms with Crippen LogP contribution >= 0.6 is 23.1 Å². The van der Waals surface area contributed by atoms with E-state index in [-0.39, 0.29) is 6.10 Å². The number of aliphatic hydroxyl groups excluding tert-OH is 1. The van der Waals surface area contributed by atoms with Gasteiger partial charge in [-0.3, -0.25) is 4.90 Å². The molecule has 1 aromatic carbocycles. The van der Waals surface area contributed by atoms with Crippen LogP contribution in [0.2, 0.25) is 0 Å². The van der Waals surface area contributed by atoms with Crippen LogP contribution in [0.5, 0.6) is 0 Å². The van der Waals surface area contributed by atoms with Crippen LogP contribution in [-0.2, 0) is 4.74 Å². The molecule has 1 aliphatic heterocycles. The van der Waals surface area contributed by atoms with Crippen molar-refractivity contribution in [3.63, 3.8) is 0 Å². The maximum Gasteiger partial charge on any atom is 0.210 e. The minimum atomic E-state index is -0.373. The first-order valence-corrected chi connectivity index (χ1v) is 10.2. The van der Waals surface area contributed by atoms with Crippen LogP contribution in [0.4, 0.5) is 10.8 Å². The second kappa shape index (κ2) is 8.95. The molecular formula is C17H24N4O2S2. The van der Waals surface area contributed by atoms with E-state index in [1.807, 2.05) is 12.1 Å². The lowest BCUT2D eigenvalue weighted by Gasteiger charge is -2.28. The van der Waals surface area contributed by atoms with Crippen molar-refractivity contribution >= 4 is 33.9 Å². The van der Waals surface area contributed by atoms with Gasteiger partial charge >= 0.3 is 0 Å². The molecule has 2 heterocycles. The first-order chi connectivity index (χ1) is 12.1. The molecule has 1 aromatic heterocycles. The normalized spacial score (nSPS) is 16.8. The molecule has 0 bridgehead atoms. The van der Waals surface area contributed by atoms with Crippen LogP contribution in [0.3, 0.4) is 0 Å². The molecule has 8 heteroatoms. The van der Waals surface area contributed by atoms with Gasteiger partial charge in [-0.15, -0.1) is 10.2 Å². The van der Waals surface area contributed by atoms with E-state index in [1.165, 1.54) is 22.5 Å². The van der Waals surface area contributed by atoms with Crippen LogP contribution in [0, 0.1) is 13.8 Å². The number of hydrogen-bond acceptors (Lipinski definition) is 8. The summed E-state index contributed by atoms with van der Waals surface area (Å²) in [4.78, 5) is 2.24. The minimum Gasteiger partial charge on any atom is -0.391 e. The number of ether oxygens (including phenoxy) is 1. The van der Waals surface area contributed by atoms with Crippen LogP contribution in [0.25, 0.3) is 0 Å². The van der Waals surface area contributed by atoms with Crippen LogP contribution in [0.15, 0.2) is 22.5 Å². The number of anilines is 2. The van der Waals surface area contributed by atoms with E-state index in [2.05, 4.69) is 40.3 Å². The van der Waals surface area contributed by atoms with Crippen molar-refractivity contribution in [2.45, 2.75) is 24.3 Å². The fraction of sp³-hybridized carbons (Fsp3) is 0.529. The largest absolute Gasteiger partial charge is 0.391 e. The molecule has 1 atom stereocenters. The molecule has 0 saturated carbocycles. The lowest BCUT2D eigenvalue weighted by Crippen LogP contribution is -2.41. The van der Waals surface area contributed by atoms with Gasteiger partial charge in [-0.1, -0.05) is 35.2 Å². The summed E-state index contributed by atoms with van der Waals surface area (Å²) in [6.07, 6.45) is -0.373. The summed E-state index contributed by atoms with van der Waals surface area (Å²) in [5, 5.41) is 22.7. The van der Waals surface area contributed by atoms with E-state index in [1.54, 1.807) is 11.8 Å². The highest BCUT2D eigenvalue weighted by Gasteiger charge is 2.16. The summed E-state index contributed by atoms with van der Waals surface area (Å²) < 4.78 is 6.20. The number of aryl methyl sites for hydroxylation is 1. The van der Waals surface area contributed by atoms with Crippen molar-refractivity contribution in [1.82, 2.24) is 15.1 Å². The number of aromatic nitrogens is 2. The van der Waals surface area contributed by atoms with Crippen molar-refractivity contribution in [3.05, 3.63) is 29.3 Å². The highest BCUT2D eigenvalue weighted by molar-refractivity contribution is 8.01. The second-order valence-electron chi connectivity index (χ2n) is 6.12. The molecule has 1 aliphatic rings. The van der Waals surface area contributed by atoms with Crippen molar-refractivity contribution in [1.29, 1.82) is 0 Å². The number of benzene rings is 1. The van der Waals surface area contributed by atoms with Crippen molar-refractivity contribution < 1.29 is 9.84 Å². The van der Waals surface area contributed by atoms with Crippen LogP contribution in [0.1, 0.15) is 11.1 Å². The molecule has 1 saturated heterocycles. The Hall–Kier alpha value is -1.19. The first-order valence-electron chi connectivity index (χ1n) is 8.39. The van der Waals surface area contributed by atoms with Crippen molar-refractivity contribution in [2.75, 3.05) is 43.9 Å². The molecule has 0 radical (unpaired) electrons. The average Bonchev–Trinajstić information content (AvgIpc) is 3.06. The predicted octanol–water partition coefficient (Wildman–Crippen LogP) is 2.68. The zero-order chi connectivity index (χ0) is 17.6. The summed E-state index contributed by atoms with van der Waals surface area (Å²) in [5.74, 6) is 0.620. The Bertz CT molecular complexity index is 689. The Morgan fingerprint density at radius 2 is 2.12 bits per heavy atom. The third-order valence-corrected chi connectivity index (χ3v) is 6.34. The molecule has 0 unspecified atom stereocenters. The number of nitrogens with one attached hydrogen (secondary N) is 1. The molecule has 1 fully saturated rings. The van der Waals surface area contributed by atoms with E-state index in [4.69, 9.17) is 4.74 Å². The third-order valence-electron chi connectivity index (χ3n) is 4.22. The highest BCUT2D eigenvalue weighted by atomic mass is 32.2. The molecule has 6 nitrogen and oxygen atoms in total. The zero-order valence-corrected chi connectivity index (χ0v) is 16.2.